The van der Waals surface area contributed by atoms with E-state index in [1.807, 2.05) is 18.1 Å². The quantitative estimate of drug-likeness (QED) is 0.626. The fourth-order valence-corrected chi connectivity index (χ4v) is 3.20. The van der Waals surface area contributed by atoms with Gasteiger partial charge in [0, 0.05) is 49.6 Å². The van der Waals surface area contributed by atoms with E-state index in [1.165, 1.54) is 6.20 Å². The first kappa shape index (κ1) is 22.9. The SMILES string of the molecule is Cc1oncc1C(=O)N1CCc2ncnc(-c3cnn(C)c3)c2CC1.O=C(O)C(F)(F)F. The van der Waals surface area contributed by atoms with Gasteiger partial charge in [-0.1, -0.05) is 5.16 Å². The van der Waals surface area contributed by atoms with E-state index in [0.29, 0.717) is 37.3 Å². The molecule has 3 aromatic heterocycles. The first-order valence-electron chi connectivity index (χ1n) is 9.40. The zero-order chi connectivity index (χ0) is 23.5. The highest BCUT2D eigenvalue weighted by molar-refractivity contribution is 5.94. The highest BCUT2D eigenvalue weighted by Gasteiger charge is 2.38. The third-order valence-electron chi connectivity index (χ3n) is 4.77. The molecule has 0 spiro atoms. The standard InChI is InChI=1S/C17H18N6O2.C2HF3O2/c1-11-14(8-21-25-11)17(24)23-5-3-13-15(4-6-23)18-10-19-16(13)12-7-20-22(2)9-12;3-2(4,5)1(6)7/h7-10H,3-6H2,1-2H3;(H,6,7). The topological polar surface area (TPSA) is 127 Å². The number of amides is 1. The summed E-state index contributed by atoms with van der Waals surface area (Å²) in [4.78, 5) is 32.3. The maximum absolute atomic E-state index is 12.7. The van der Waals surface area contributed by atoms with Gasteiger partial charge in [0.05, 0.1) is 18.1 Å². The predicted octanol–water partition coefficient (Wildman–Crippen LogP) is 2.05. The van der Waals surface area contributed by atoms with E-state index in [1.54, 1.807) is 24.1 Å². The molecule has 4 rings (SSSR count). The number of alkyl halides is 3. The van der Waals surface area contributed by atoms with Crippen LogP contribution in [0.4, 0.5) is 13.2 Å². The summed E-state index contributed by atoms with van der Waals surface area (Å²) >= 11 is 0. The number of hydrogen-bond acceptors (Lipinski definition) is 7. The minimum atomic E-state index is -5.08. The maximum Gasteiger partial charge on any atom is 0.490 e. The van der Waals surface area contributed by atoms with Gasteiger partial charge in [-0.15, -0.1) is 0 Å². The minimum absolute atomic E-state index is 0.0533. The first-order valence-corrected chi connectivity index (χ1v) is 9.40. The molecule has 1 aliphatic rings. The van der Waals surface area contributed by atoms with Crippen LogP contribution in [0.2, 0.25) is 0 Å². The third kappa shape index (κ3) is 5.10. The number of nitrogens with zero attached hydrogens (tertiary/aromatic N) is 6. The van der Waals surface area contributed by atoms with Crippen LogP contribution >= 0.6 is 0 Å². The fraction of sp³-hybridized carbons (Fsp3) is 0.368. The van der Waals surface area contributed by atoms with Gasteiger partial charge in [0.25, 0.3) is 5.91 Å². The van der Waals surface area contributed by atoms with Gasteiger partial charge in [-0.25, -0.2) is 14.8 Å². The summed E-state index contributed by atoms with van der Waals surface area (Å²) in [6.45, 7) is 2.97. The van der Waals surface area contributed by atoms with Crippen molar-refractivity contribution in [1.29, 1.82) is 0 Å². The third-order valence-corrected chi connectivity index (χ3v) is 4.77. The van der Waals surface area contributed by atoms with Crippen LogP contribution in [0.15, 0.2) is 29.4 Å². The molecule has 3 aromatic rings. The highest BCUT2D eigenvalue weighted by Crippen LogP contribution is 2.26. The normalized spacial score (nSPS) is 13.6. The number of rotatable bonds is 2. The molecule has 13 heteroatoms. The minimum Gasteiger partial charge on any atom is -0.475 e. The van der Waals surface area contributed by atoms with Gasteiger partial charge in [0.1, 0.15) is 17.7 Å². The number of halogens is 3. The molecule has 0 radical (unpaired) electrons. The van der Waals surface area contributed by atoms with Crippen LogP contribution in [-0.4, -0.2) is 66.1 Å². The molecule has 0 saturated carbocycles. The molecule has 0 saturated heterocycles. The Balaban J connectivity index is 0.000000360. The molecular weight excluding hydrogens is 433 g/mol. The summed E-state index contributed by atoms with van der Waals surface area (Å²) in [6.07, 6.45) is 3.13. The molecule has 0 aliphatic carbocycles. The monoisotopic (exact) mass is 452 g/mol. The maximum atomic E-state index is 12.7. The molecule has 1 amide bonds. The highest BCUT2D eigenvalue weighted by atomic mass is 19.4. The predicted molar refractivity (Wildman–Crippen MR) is 102 cm³/mol. The number of carboxylic acid groups (broad SMARTS) is 1. The van der Waals surface area contributed by atoms with E-state index >= 15 is 0 Å². The first-order chi connectivity index (χ1) is 15.1. The molecule has 0 bridgehead atoms. The summed E-state index contributed by atoms with van der Waals surface area (Å²) in [7, 11) is 1.88. The molecule has 1 aliphatic heterocycles. The van der Waals surface area contributed by atoms with Crippen molar-refractivity contribution in [2.24, 2.45) is 7.05 Å². The van der Waals surface area contributed by atoms with E-state index in [-0.39, 0.29) is 5.91 Å². The van der Waals surface area contributed by atoms with Crippen molar-refractivity contribution >= 4 is 11.9 Å². The van der Waals surface area contributed by atoms with E-state index in [2.05, 4.69) is 20.2 Å². The summed E-state index contributed by atoms with van der Waals surface area (Å²) < 4.78 is 38.5. The lowest BCUT2D eigenvalue weighted by atomic mass is 10.0. The number of carbonyl (C=O) groups is 2. The number of carbonyl (C=O) groups excluding carboxylic acids is 1. The molecule has 4 heterocycles. The van der Waals surface area contributed by atoms with Gasteiger partial charge in [0.2, 0.25) is 0 Å². The number of aryl methyl sites for hydroxylation is 2. The second-order valence-electron chi connectivity index (χ2n) is 6.94. The Labute approximate surface area is 179 Å². The second kappa shape index (κ2) is 9.16. The Bertz CT molecular complexity index is 1120. The molecule has 0 unspecified atom stereocenters. The van der Waals surface area contributed by atoms with Gasteiger partial charge in [-0.2, -0.15) is 18.3 Å². The van der Waals surface area contributed by atoms with E-state index in [4.69, 9.17) is 14.4 Å². The van der Waals surface area contributed by atoms with Crippen LogP contribution < -0.4 is 0 Å². The average molecular weight is 452 g/mol. The van der Waals surface area contributed by atoms with Crippen LogP contribution in [-0.2, 0) is 24.7 Å². The van der Waals surface area contributed by atoms with E-state index < -0.39 is 12.1 Å². The molecule has 32 heavy (non-hydrogen) atoms. The second-order valence-corrected chi connectivity index (χ2v) is 6.94. The number of aliphatic carboxylic acids is 1. The lowest BCUT2D eigenvalue weighted by Gasteiger charge is -2.19. The lowest BCUT2D eigenvalue weighted by Crippen LogP contribution is -2.33. The van der Waals surface area contributed by atoms with Crippen LogP contribution in [0, 0.1) is 6.92 Å². The molecule has 0 aromatic carbocycles. The Morgan fingerprint density at radius 3 is 2.41 bits per heavy atom. The molecule has 10 nitrogen and oxygen atoms in total. The van der Waals surface area contributed by atoms with Gasteiger partial charge >= 0.3 is 12.1 Å². The van der Waals surface area contributed by atoms with Crippen LogP contribution in [0.1, 0.15) is 27.4 Å². The van der Waals surface area contributed by atoms with Gasteiger partial charge in [0.15, 0.2) is 0 Å². The Hall–Kier alpha value is -3.77. The summed E-state index contributed by atoms with van der Waals surface area (Å²) in [5, 5.41) is 15.1. The fourth-order valence-electron chi connectivity index (χ4n) is 3.20. The number of aromatic nitrogens is 5. The Morgan fingerprint density at radius 2 is 1.84 bits per heavy atom. The smallest absolute Gasteiger partial charge is 0.475 e. The van der Waals surface area contributed by atoms with Gasteiger partial charge < -0.3 is 14.5 Å². The van der Waals surface area contributed by atoms with Gasteiger partial charge in [-0.05, 0) is 13.3 Å². The molecule has 1 N–H and O–H groups in total. The van der Waals surface area contributed by atoms with Gasteiger partial charge in [-0.3, -0.25) is 9.48 Å². The summed E-state index contributed by atoms with van der Waals surface area (Å²) in [5.41, 5.74) is 4.47. The number of carboxylic acids is 1. The average Bonchev–Trinajstić information content (AvgIpc) is 3.29. The molecule has 0 fully saturated rings. The molecule has 170 valence electrons. The number of fused-ring (bicyclic) bond motifs is 1. The summed E-state index contributed by atoms with van der Waals surface area (Å²) in [5.74, 6) is -2.27. The lowest BCUT2D eigenvalue weighted by molar-refractivity contribution is -0.192. The van der Waals surface area contributed by atoms with Crippen LogP contribution in [0.25, 0.3) is 11.3 Å². The zero-order valence-electron chi connectivity index (χ0n) is 17.1. The zero-order valence-corrected chi connectivity index (χ0v) is 17.1. The number of hydrogen-bond donors (Lipinski definition) is 1. The van der Waals surface area contributed by atoms with Crippen molar-refractivity contribution in [3.8, 4) is 11.3 Å². The Kier molecular flexibility index (Phi) is 6.55. The van der Waals surface area contributed by atoms with Crippen molar-refractivity contribution in [2.45, 2.75) is 25.9 Å². The molecule has 0 atom stereocenters. The van der Waals surface area contributed by atoms with Crippen molar-refractivity contribution < 1.29 is 32.4 Å². The van der Waals surface area contributed by atoms with Crippen molar-refractivity contribution in [3.63, 3.8) is 0 Å². The van der Waals surface area contributed by atoms with Crippen molar-refractivity contribution in [2.75, 3.05) is 13.1 Å². The molecular formula is C19H19F3N6O4. The summed E-state index contributed by atoms with van der Waals surface area (Å²) in [6, 6.07) is 0. The Morgan fingerprint density at radius 1 is 1.16 bits per heavy atom. The van der Waals surface area contributed by atoms with E-state index in [0.717, 1.165) is 22.5 Å². The van der Waals surface area contributed by atoms with Crippen LogP contribution in [0.5, 0.6) is 0 Å². The van der Waals surface area contributed by atoms with Crippen molar-refractivity contribution in [1.82, 2.24) is 29.8 Å². The van der Waals surface area contributed by atoms with Crippen LogP contribution in [0.3, 0.4) is 0 Å². The largest absolute Gasteiger partial charge is 0.490 e. The van der Waals surface area contributed by atoms with E-state index in [9.17, 15) is 18.0 Å². The van der Waals surface area contributed by atoms with Crippen molar-refractivity contribution in [3.05, 3.63) is 47.5 Å².